The van der Waals surface area contributed by atoms with Crippen LogP contribution in [0.2, 0.25) is 0 Å². The number of amides is 1. The Balaban J connectivity index is 1.47. The number of anilines is 1. The molecule has 0 saturated heterocycles. The third kappa shape index (κ3) is 4.64. The lowest BCUT2D eigenvalue weighted by molar-refractivity contribution is -0.127. The fraction of sp³-hybridized carbons (Fsp3) is 0.174. The summed E-state index contributed by atoms with van der Waals surface area (Å²) in [4.78, 5) is 12.9. The van der Waals surface area contributed by atoms with E-state index in [4.69, 9.17) is 9.47 Å². The zero-order valence-corrected chi connectivity index (χ0v) is 17.5. The molecular formula is C23H22N2O5S. The van der Waals surface area contributed by atoms with Crippen LogP contribution in [0, 0.1) is 0 Å². The summed E-state index contributed by atoms with van der Waals surface area (Å²) in [6.07, 6.45) is -0.981. The SMILES string of the molecule is O=C(NCCOc1ccccc1)[C@@H]1CN(S(=O)(=O)c2ccccc2)c2ccccc2O1. The van der Waals surface area contributed by atoms with E-state index in [1.807, 2.05) is 30.3 Å². The molecule has 160 valence electrons. The van der Waals surface area contributed by atoms with E-state index < -0.39 is 22.0 Å². The molecular weight excluding hydrogens is 416 g/mol. The number of carbonyl (C=O) groups is 1. The van der Waals surface area contributed by atoms with Gasteiger partial charge in [-0.05, 0) is 36.4 Å². The largest absolute Gasteiger partial charge is 0.492 e. The van der Waals surface area contributed by atoms with Crippen molar-refractivity contribution in [2.45, 2.75) is 11.0 Å². The molecule has 31 heavy (non-hydrogen) atoms. The normalized spacial score (nSPS) is 15.5. The van der Waals surface area contributed by atoms with E-state index in [9.17, 15) is 13.2 Å². The van der Waals surface area contributed by atoms with Crippen molar-refractivity contribution in [2.24, 2.45) is 0 Å². The van der Waals surface area contributed by atoms with Crippen molar-refractivity contribution in [3.8, 4) is 11.5 Å². The summed E-state index contributed by atoms with van der Waals surface area (Å²) in [6.45, 7) is 0.422. The van der Waals surface area contributed by atoms with E-state index in [1.54, 1.807) is 42.5 Å². The lowest BCUT2D eigenvalue weighted by atomic mass is 10.2. The first kappa shape index (κ1) is 20.7. The maximum atomic E-state index is 13.3. The lowest BCUT2D eigenvalue weighted by Crippen LogP contribution is -2.51. The Morgan fingerprint density at radius 1 is 0.968 bits per heavy atom. The van der Waals surface area contributed by atoms with Crippen LogP contribution in [-0.2, 0) is 14.8 Å². The van der Waals surface area contributed by atoms with Crippen LogP contribution >= 0.6 is 0 Å². The van der Waals surface area contributed by atoms with Crippen LogP contribution in [0.3, 0.4) is 0 Å². The highest BCUT2D eigenvalue weighted by molar-refractivity contribution is 7.92. The number of sulfonamides is 1. The maximum Gasteiger partial charge on any atom is 0.264 e. The predicted molar refractivity (Wildman–Crippen MR) is 117 cm³/mol. The molecule has 7 nitrogen and oxygen atoms in total. The molecule has 1 atom stereocenters. The number of rotatable bonds is 7. The number of fused-ring (bicyclic) bond motifs is 1. The standard InChI is InChI=1S/C23H22N2O5S/c26-23(24-15-16-29-18-9-3-1-4-10-18)22-17-25(20-13-7-8-14-21(20)30-22)31(27,28)19-11-5-2-6-12-19/h1-14,22H,15-17H2,(H,24,26)/t22-/m0/s1. The average Bonchev–Trinajstić information content (AvgIpc) is 2.82. The monoisotopic (exact) mass is 438 g/mol. The number of hydrogen-bond donors (Lipinski definition) is 1. The first-order valence-electron chi connectivity index (χ1n) is 9.85. The second-order valence-electron chi connectivity index (χ2n) is 6.88. The first-order chi connectivity index (χ1) is 15.1. The first-order valence-corrected chi connectivity index (χ1v) is 11.3. The average molecular weight is 439 g/mol. The van der Waals surface area contributed by atoms with Gasteiger partial charge in [-0.2, -0.15) is 0 Å². The molecule has 0 saturated carbocycles. The molecule has 0 unspecified atom stereocenters. The Hall–Kier alpha value is -3.52. The molecule has 4 rings (SSSR count). The van der Waals surface area contributed by atoms with E-state index in [2.05, 4.69) is 5.32 Å². The molecule has 1 N–H and O–H groups in total. The minimum atomic E-state index is -3.85. The van der Waals surface area contributed by atoms with Gasteiger partial charge in [-0.15, -0.1) is 0 Å². The van der Waals surface area contributed by atoms with Crippen molar-refractivity contribution >= 4 is 21.6 Å². The molecule has 1 aliphatic heterocycles. The molecule has 0 aromatic heterocycles. The fourth-order valence-electron chi connectivity index (χ4n) is 3.26. The van der Waals surface area contributed by atoms with Crippen LogP contribution in [0.15, 0.2) is 89.8 Å². The van der Waals surface area contributed by atoms with Crippen molar-refractivity contribution < 1.29 is 22.7 Å². The van der Waals surface area contributed by atoms with Gasteiger partial charge in [0.1, 0.15) is 18.1 Å². The zero-order valence-electron chi connectivity index (χ0n) is 16.7. The zero-order chi connectivity index (χ0) is 21.7. The third-order valence-electron chi connectivity index (χ3n) is 4.77. The van der Waals surface area contributed by atoms with Crippen LogP contribution in [0.5, 0.6) is 11.5 Å². The number of nitrogens with zero attached hydrogens (tertiary/aromatic N) is 1. The van der Waals surface area contributed by atoms with Crippen molar-refractivity contribution in [1.82, 2.24) is 5.32 Å². The van der Waals surface area contributed by atoms with E-state index >= 15 is 0 Å². The lowest BCUT2D eigenvalue weighted by Gasteiger charge is -2.34. The van der Waals surface area contributed by atoms with Gasteiger partial charge in [-0.25, -0.2) is 8.42 Å². The topological polar surface area (TPSA) is 84.9 Å². The quantitative estimate of drug-likeness (QED) is 0.574. The molecule has 1 aliphatic rings. The Morgan fingerprint density at radius 2 is 1.61 bits per heavy atom. The molecule has 3 aromatic carbocycles. The molecule has 3 aromatic rings. The predicted octanol–water partition coefficient (Wildman–Crippen LogP) is 2.84. The fourth-order valence-corrected chi connectivity index (χ4v) is 4.76. The number of carbonyl (C=O) groups excluding carboxylic acids is 1. The molecule has 8 heteroatoms. The summed E-state index contributed by atoms with van der Waals surface area (Å²) >= 11 is 0. The summed E-state index contributed by atoms with van der Waals surface area (Å²) in [5, 5.41) is 2.75. The van der Waals surface area contributed by atoms with Gasteiger partial charge >= 0.3 is 0 Å². The second kappa shape index (κ2) is 9.09. The number of hydrogen-bond acceptors (Lipinski definition) is 5. The van der Waals surface area contributed by atoms with E-state index in [-0.39, 0.29) is 24.6 Å². The molecule has 1 amide bonds. The molecule has 0 bridgehead atoms. The number of ether oxygens (including phenoxy) is 2. The van der Waals surface area contributed by atoms with E-state index in [0.29, 0.717) is 17.2 Å². The highest BCUT2D eigenvalue weighted by Gasteiger charge is 2.37. The van der Waals surface area contributed by atoms with Crippen molar-refractivity contribution in [3.05, 3.63) is 84.9 Å². The summed E-state index contributed by atoms with van der Waals surface area (Å²) < 4.78 is 39.1. The van der Waals surface area contributed by atoms with Gasteiger partial charge in [-0.1, -0.05) is 48.5 Å². The molecule has 0 fully saturated rings. The Labute approximate surface area is 181 Å². The van der Waals surface area contributed by atoms with Gasteiger partial charge in [0, 0.05) is 0 Å². The summed E-state index contributed by atoms with van der Waals surface area (Å²) in [6, 6.07) is 24.2. The Morgan fingerprint density at radius 3 is 2.35 bits per heavy atom. The highest BCUT2D eigenvalue weighted by Crippen LogP contribution is 2.36. The summed E-state index contributed by atoms with van der Waals surface area (Å²) in [7, 11) is -3.85. The van der Waals surface area contributed by atoms with Crippen molar-refractivity contribution in [3.63, 3.8) is 0 Å². The number of para-hydroxylation sites is 3. The molecule has 0 radical (unpaired) electrons. The van der Waals surface area contributed by atoms with Crippen molar-refractivity contribution in [2.75, 3.05) is 24.0 Å². The second-order valence-corrected chi connectivity index (χ2v) is 8.74. The maximum absolute atomic E-state index is 13.3. The van der Waals surface area contributed by atoms with Gasteiger partial charge in [0.25, 0.3) is 15.9 Å². The van der Waals surface area contributed by atoms with Gasteiger partial charge in [0.05, 0.1) is 23.7 Å². The van der Waals surface area contributed by atoms with Gasteiger partial charge in [0.15, 0.2) is 6.10 Å². The van der Waals surface area contributed by atoms with Crippen LogP contribution in [0.4, 0.5) is 5.69 Å². The van der Waals surface area contributed by atoms with Crippen LogP contribution in [-0.4, -0.2) is 40.1 Å². The van der Waals surface area contributed by atoms with Crippen LogP contribution in [0.25, 0.3) is 0 Å². The van der Waals surface area contributed by atoms with Crippen LogP contribution < -0.4 is 19.1 Å². The van der Waals surface area contributed by atoms with Crippen LogP contribution in [0.1, 0.15) is 0 Å². The number of nitrogens with one attached hydrogen (secondary N) is 1. The molecule has 0 aliphatic carbocycles. The Bertz CT molecular complexity index is 1140. The van der Waals surface area contributed by atoms with Gasteiger partial charge < -0.3 is 14.8 Å². The van der Waals surface area contributed by atoms with Gasteiger partial charge in [0.2, 0.25) is 0 Å². The highest BCUT2D eigenvalue weighted by atomic mass is 32.2. The molecule has 0 spiro atoms. The minimum Gasteiger partial charge on any atom is -0.492 e. The minimum absolute atomic E-state index is 0.125. The Kier molecular flexibility index (Phi) is 6.08. The summed E-state index contributed by atoms with van der Waals surface area (Å²) in [5.74, 6) is 0.646. The third-order valence-corrected chi connectivity index (χ3v) is 6.57. The molecule has 1 heterocycles. The van der Waals surface area contributed by atoms with Crippen molar-refractivity contribution in [1.29, 1.82) is 0 Å². The van der Waals surface area contributed by atoms with E-state index in [0.717, 1.165) is 0 Å². The van der Waals surface area contributed by atoms with E-state index in [1.165, 1.54) is 16.4 Å². The summed E-state index contributed by atoms with van der Waals surface area (Å²) in [5.41, 5.74) is 0.405. The number of benzene rings is 3. The van der Waals surface area contributed by atoms with Gasteiger partial charge in [-0.3, -0.25) is 9.10 Å². The smallest absolute Gasteiger partial charge is 0.264 e.